The van der Waals surface area contributed by atoms with Gasteiger partial charge in [0, 0.05) is 5.69 Å². The number of rotatable bonds is 5. The molecule has 0 unspecified atom stereocenters. The van der Waals surface area contributed by atoms with Crippen LogP contribution in [0.3, 0.4) is 0 Å². The molecule has 1 aromatic heterocycles. The number of H-pyrrole nitrogens is 1. The molecule has 2 aromatic rings. The number of carbonyl (C=O) groups is 1. The van der Waals surface area contributed by atoms with Crippen molar-refractivity contribution in [1.29, 1.82) is 0 Å². The van der Waals surface area contributed by atoms with E-state index in [0.29, 0.717) is 0 Å². The van der Waals surface area contributed by atoms with Crippen LogP contribution in [0.25, 0.3) is 0 Å². The summed E-state index contributed by atoms with van der Waals surface area (Å²) in [6, 6.07) is 7.39. The lowest BCUT2D eigenvalue weighted by atomic mass is 10.2. The molecule has 0 aliphatic heterocycles. The Bertz CT molecular complexity index is 695. The van der Waals surface area contributed by atoms with Crippen LogP contribution >= 0.6 is 0 Å². The van der Waals surface area contributed by atoms with Crippen LogP contribution in [-0.2, 0) is 14.8 Å². The summed E-state index contributed by atoms with van der Waals surface area (Å²) in [5.74, 6) is -0.505. The second kappa shape index (κ2) is 5.74. The monoisotopic (exact) mass is 295 g/mol. The minimum atomic E-state index is -3.74. The summed E-state index contributed by atoms with van der Waals surface area (Å²) < 4.78 is 31.1. The molecule has 2 rings (SSSR count). The first-order valence-electron chi connectivity index (χ1n) is 5.82. The van der Waals surface area contributed by atoms with E-state index in [1.807, 2.05) is 0 Å². The molecule has 0 spiro atoms. The molecule has 1 aromatic carbocycles. The van der Waals surface area contributed by atoms with Crippen LogP contribution in [0.15, 0.2) is 41.6 Å². The topological polar surface area (TPSA) is 101 Å². The smallest absolute Gasteiger partial charge is 0.338 e. The molecule has 0 aliphatic rings. The highest BCUT2D eigenvalue weighted by atomic mass is 32.2. The molecule has 0 saturated heterocycles. The predicted molar refractivity (Wildman–Crippen MR) is 71.8 cm³/mol. The molecular weight excluding hydrogens is 282 g/mol. The summed E-state index contributed by atoms with van der Waals surface area (Å²) >= 11 is 0. The van der Waals surface area contributed by atoms with Crippen molar-refractivity contribution in [2.45, 2.75) is 11.9 Å². The SMILES string of the molecule is CCOC(=O)c1cccc(NS(=O)(=O)c2ccn[nH]2)c1. The van der Waals surface area contributed by atoms with Crippen molar-refractivity contribution in [1.82, 2.24) is 10.2 Å². The molecule has 0 atom stereocenters. The summed E-state index contributed by atoms with van der Waals surface area (Å²) in [5, 5.41) is 5.89. The zero-order valence-electron chi connectivity index (χ0n) is 10.7. The number of hydrogen-bond donors (Lipinski definition) is 2. The van der Waals surface area contributed by atoms with E-state index < -0.39 is 16.0 Å². The van der Waals surface area contributed by atoms with Crippen LogP contribution in [0, 0.1) is 0 Å². The lowest BCUT2D eigenvalue weighted by Crippen LogP contribution is -2.14. The van der Waals surface area contributed by atoms with E-state index in [-0.39, 0.29) is 22.9 Å². The van der Waals surface area contributed by atoms with Gasteiger partial charge in [0.15, 0.2) is 5.03 Å². The van der Waals surface area contributed by atoms with Crippen molar-refractivity contribution in [3.05, 3.63) is 42.1 Å². The molecule has 2 N–H and O–H groups in total. The number of benzene rings is 1. The van der Waals surface area contributed by atoms with Crippen molar-refractivity contribution in [2.75, 3.05) is 11.3 Å². The van der Waals surface area contributed by atoms with Crippen LogP contribution in [0.5, 0.6) is 0 Å². The van der Waals surface area contributed by atoms with E-state index in [9.17, 15) is 13.2 Å². The van der Waals surface area contributed by atoms with E-state index in [1.54, 1.807) is 19.1 Å². The van der Waals surface area contributed by atoms with Gasteiger partial charge in [-0.1, -0.05) is 6.07 Å². The number of anilines is 1. The van der Waals surface area contributed by atoms with Gasteiger partial charge in [-0.25, -0.2) is 4.79 Å². The highest BCUT2D eigenvalue weighted by molar-refractivity contribution is 7.92. The molecule has 0 radical (unpaired) electrons. The van der Waals surface area contributed by atoms with Crippen molar-refractivity contribution < 1.29 is 17.9 Å². The summed E-state index contributed by atoms with van der Waals surface area (Å²) in [4.78, 5) is 11.6. The maximum absolute atomic E-state index is 12.0. The second-order valence-corrected chi connectivity index (χ2v) is 5.48. The van der Waals surface area contributed by atoms with Crippen molar-refractivity contribution in [3.63, 3.8) is 0 Å². The fraction of sp³-hybridized carbons (Fsp3) is 0.167. The van der Waals surface area contributed by atoms with Gasteiger partial charge in [-0.3, -0.25) is 9.82 Å². The minimum absolute atomic E-state index is 0.0564. The van der Waals surface area contributed by atoms with Gasteiger partial charge in [0.2, 0.25) is 0 Å². The predicted octanol–water partition coefficient (Wildman–Crippen LogP) is 1.39. The van der Waals surface area contributed by atoms with Gasteiger partial charge in [-0.05, 0) is 31.2 Å². The number of carbonyl (C=O) groups excluding carboxylic acids is 1. The highest BCUT2D eigenvalue weighted by Gasteiger charge is 2.16. The molecule has 7 nitrogen and oxygen atoms in total. The van der Waals surface area contributed by atoms with E-state index in [0.717, 1.165) is 0 Å². The lowest BCUT2D eigenvalue weighted by Gasteiger charge is -2.07. The van der Waals surface area contributed by atoms with E-state index >= 15 is 0 Å². The number of aromatic nitrogens is 2. The standard InChI is InChI=1S/C12H13N3O4S/c1-2-19-12(16)9-4-3-5-10(8-9)15-20(17,18)11-6-7-13-14-11/h3-8,15H,2H2,1H3,(H,13,14). The maximum Gasteiger partial charge on any atom is 0.338 e. The third-order valence-electron chi connectivity index (χ3n) is 2.39. The summed E-state index contributed by atoms with van der Waals surface area (Å²) in [5.41, 5.74) is 0.543. The van der Waals surface area contributed by atoms with E-state index in [1.165, 1.54) is 24.4 Å². The number of nitrogens with one attached hydrogen (secondary N) is 2. The third-order valence-corrected chi connectivity index (χ3v) is 3.70. The summed E-state index contributed by atoms with van der Waals surface area (Å²) in [7, 11) is -3.74. The fourth-order valence-corrected chi connectivity index (χ4v) is 2.49. The second-order valence-electron chi connectivity index (χ2n) is 3.83. The van der Waals surface area contributed by atoms with Gasteiger partial charge in [0.1, 0.15) is 0 Å². The Morgan fingerprint density at radius 3 is 2.85 bits per heavy atom. The number of aromatic amines is 1. The van der Waals surface area contributed by atoms with Gasteiger partial charge in [-0.15, -0.1) is 0 Å². The van der Waals surface area contributed by atoms with E-state index in [4.69, 9.17) is 4.74 Å². The maximum atomic E-state index is 12.0. The molecule has 0 amide bonds. The Kier molecular flexibility index (Phi) is 4.04. The molecule has 0 bridgehead atoms. The fourth-order valence-electron chi connectivity index (χ4n) is 1.53. The lowest BCUT2D eigenvalue weighted by molar-refractivity contribution is 0.0526. The van der Waals surface area contributed by atoms with Gasteiger partial charge in [0.05, 0.1) is 18.4 Å². The van der Waals surface area contributed by atoms with Crippen molar-refractivity contribution >= 4 is 21.7 Å². The first kappa shape index (κ1) is 14.1. The van der Waals surface area contributed by atoms with Crippen LogP contribution in [0.4, 0.5) is 5.69 Å². The Balaban J connectivity index is 2.22. The Morgan fingerprint density at radius 1 is 1.40 bits per heavy atom. The average molecular weight is 295 g/mol. The first-order chi connectivity index (χ1) is 9.53. The van der Waals surface area contributed by atoms with Gasteiger partial charge >= 0.3 is 5.97 Å². The number of ether oxygens (including phenoxy) is 1. The summed E-state index contributed by atoms with van der Waals surface area (Å²) in [6.07, 6.45) is 1.34. The van der Waals surface area contributed by atoms with Gasteiger partial charge < -0.3 is 4.74 Å². The molecule has 1 heterocycles. The first-order valence-corrected chi connectivity index (χ1v) is 7.30. The third kappa shape index (κ3) is 3.15. The van der Waals surface area contributed by atoms with Gasteiger partial charge in [-0.2, -0.15) is 13.5 Å². The number of esters is 1. The minimum Gasteiger partial charge on any atom is -0.462 e. The molecule has 0 fully saturated rings. The van der Waals surface area contributed by atoms with Crippen LogP contribution in [-0.4, -0.2) is 31.2 Å². The van der Waals surface area contributed by atoms with E-state index in [2.05, 4.69) is 14.9 Å². The normalized spacial score (nSPS) is 11.1. The van der Waals surface area contributed by atoms with Crippen molar-refractivity contribution in [2.24, 2.45) is 0 Å². The highest BCUT2D eigenvalue weighted by Crippen LogP contribution is 2.16. The largest absolute Gasteiger partial charge is 0.462 e. The molecule has 20 heavy (non-hydrogen) atoms. The molecular formula is C12H13N3O4S. The van der Waals surface area contributed by atoms with Crippen LogP contribution in [0.2, 0.25) is 0 Å². The average Bonchev–Trinajstić information content (AvgIpc) is 2.93. The molecule has 106 valence electrons. The van der Waals surface area contributed by atoms with Crippen molar-refractivity contribution in [3.8, 4) is 0 Å². The molecule has 0 aliphatic carbocycles. The zero-order valence-corrected chi connectivity index (χ0v) is 11.5. The quantitative estimate of drug-likeness (QED) is 0.812. The van der Waals surface area contributed by atoms with Crippen LogP contribution < -0.4 is 4.72 Å². The summed E-state index contributed by atoms with van der Waals surface area (Å²) in [6.45, 7) is 1.95. The Hall–Kier alpha value is -2.35. The number of nitrogens with zero attached hydrogens (tertiary/aromatic N) is 1. The molecule has 0 saturated carbocycles. The Labute approximate surface area is 116 Å². The Morgan fingerprint density at radius 2 is 2.20 bits per heavy atom. The van der Waals surface area contributed by atoms with Gasteiger partial charge in [0.25, 0.3) is 10.0 Å². The molecule has 8 heteroatoms. The number of hydrogen-bond acceptors (Lipinski definition) is 5. The van der Waals surface area contributed by atoms with Crippen LogP contribution in [0.1, 0.15) is 17.3 Å². The number of sulfonamides is 1. The zero-order chi connectivity index (χ0) is 14.6.